The zero-order valence-electron chi connectivity index (χ0n) is 12.9. The molecule has 0 radical (unpaired) electrons. The van der Waals surface area contributed by atoms with Gasteiger partial charge < -0.3 is 10.1 Å². The number of nitrogens with one attached hydrogen (secondary N) is 1. The highest BCUT2D eigenvalue weighted by molar-refractivity contribution is 5.81. The molecule has 0 saturated carbocycles. The van der Waals surface area contributed by atoms with Crippen LogP contribution in [-0.2, 0) is 17.9 Å². The van der Waals surface area contributed by atoms with E-state index in [1.165, 1.54) is 11.1 Å². The summed E-state index contributed by atoms with van der Waals surface area (Å²) < 4.78 is 5.23. The van der Waals surface area contributed by atoms with Gasteiger partial charge in [-0.2, -0.15) is 5.26 Å². The number of benzene rings is 2. The van der Waals surface area contributed by atoms with Crippen molar-refractivity contribution >= 4 is 16.7 Å². The summed E-state index contributed by atoms with van der Waals surface area (Å²) in [5.74, 6) is 0.814. The molecule has 0 amide bonds. The molecular formula is C19H17N3O. The molecule has 0 unspecified atom stereocenters. The van der Waals surface area contributed by atoms with E-state index in [1.54, 1.807) is 13.2 Å². The average molecular weight is 303 g/mol. The average Bonchev–Trinajstić information content (AvgIpc) is 2.60. The Morgan fingerprint density at radius 1 is 1.09 bits per heavy atom. The maximum atomic E-state index is 8.94. The molecule has 1 N–H and O–H groups in total. The molecular weight excluding hydrogens is 286 g/mol. The first-order valence-electron chi connectivity index (χ1n) is 7.40. The summed E-state index contributed by atoms with van der Waals surface area (Å²) in [5.41, 5.74) is 3.88. The first kappa shape index (κ1) is 15.0. The van der Waals surface area contributed by atoms with Gasteiger partial charge in [0.05, 0.1) is 23.8 Å². The normalized spacial score (nSPS) is 10.4. The van der Waals surface area contributed by atoms with Crippen LogP contribution in [0.2, 0.25) is 0 Å². The molecule has 0 fully saturated rings. The van der Waals surface area contributed by atoms with E-state index in [1.807, 2.05) is 36.4 Å². The number of hydrogen-bond acceptors (Lipinski definition) is 4. The Morgan fingerprint density at radius 3 is 2.70 bits per heavy atom. The van der Waals surface area contributed by atoms with Crippen LogP contribution in [0.4, 0.5) is 5.82 Å². The maximum Gasteiger partial charge on any atom is 0.126 e. The quantitative estimate of drug-likeness (QED) is 0.777. The number of nitrogens with zero attached hydrogens (tertiary/aromatic N) is 2. The van der Waals surface area contributed by atoms with E-state index in [0.717, 1.165) is 16.7 Å². The third kappa shape index (κ3) is 3.47. The second-order valence-electron chi connectivity index (χ2n) is 5.27. The first-order chi connectivity index (χ1) is 11.3. The summed E-state index contributed by atoms with van der Waals surface area (Å²) in [5, 5.41) is 13.3. The molecule has 23 heavy (non-hydrogen) atoms. The van der Waals surface area contributed by atoms with E-state index in [-0.39, 0.29) is 0 Å². The molecule has 0 aliphatic rings. The molecule has 1 heterocycles. The van der Waals surface area contributed by atoms with Gasteiger partial charge in [-0.25, -0.2) is 4.98 Å². The highest BCUT2D eigenvalue weighted by atomic mass is 16.5. The molecule has 0 bridgehead atoms. The van der Waals surface area contributed by atoms with E-state index in [4.69, 9.17) is 10.00 Å². The van der Waals surface area contributed by atoms with Gasteiger partial charge in [0.15, 0.2) is 0 Å². The van der Waals surface area contributed by atoms with Gasteiger partial charge in [-0.05, 0) is 41.5 Å². The Labute approximate surface area is 135 Å². The molecule has 4 nitrogen and oxygen atoms in total. The lowest BCUT2D eigenvalue weighted by Crippen LogP contribution is -2.04. The molecule has 0 spiro atoms. The third-order valence-electron chi connectivity index (χ3n) is 3.70. The number of methoxy groups -OCH3 is 1. The number of anilines is 1. The van der Waals surface area contributed by atoms with Crippen molar-refractivity contribution in [1.29, 1.82) is 5.26 Å². The van der Waals surface area contributed by atoms with E-state index in [2.05, 4.69) is 28.5 Å². The monoisotopic (exact) mass is 303 g/mol. The minimum absolute atomic E-state index is 0.597. The Bertz CT molecular complexity index is 868. The molecule has 0 aliphatic heterocycles. The van der Waals surface area contributed by atoms with Gasteiger partial charge in [-0.3, -0.25) is 0 Å². The third-order valence-corrected chi connectivity index (χ3v) is 3.70. The fourth-order valence-corrected chi connectivity index (χ4v) is 2.51. The molecule has 2 aromatic carbocycles. The second-order valence-corrected chi connectivity index (χ2v) is 5.27. The number of pyridine rings is 1. The van der Waals surface area contributed by atoms with Crippen LogP contribution in [0.1, 0.15) is 16.7 Å². The summed E-state index contributed by atoms with van der Waals surface area (Å²) in [6, 6.07) is 19.7. The number of aromatic nitrogens is 1. The van der Waals surface area contributed by atoms with Gasteiger partial charge in [0.1, 0.15) is 5.82 Å². The van der Waals surface area contributed by atoms with Gasteiger partial charge in [-0.15, -0.1) is 0 Å². The minimum Gasteiger partial charge on any atom is -0.380 e. The molecule has 4 heteroatoms. The first-order valence-corrected chi connectivity index (χ1v) is 7.40. The van der Waals surface area contributed by atoms with Crippen molar-refractivity contribution in [2.45, 2.75) is 13.2 Å². The van der Waals surface area contributed by atoms with Crippen molar-refractivity contribution in [2.24, 2.45) is 0 Å². The van der Waals surface area contributed by atoms with E-state index < -0.39 is 0 Å². The minimum atomic E-state index is 0.597. The Balaban J connectivity index is 1.79. The molecule has 3 rings (SSSR count). The molecule has 1 aromatic heterocycles. The maximum absolute atomic E-state index is 8.94. The summed E-state index contributed by atoms with van der Waals surface area (Å²) in [6.07, 6.45) is 0. The second kappa shape index (κ2) is 6.91. The zero-order valence-corrected chi connectivity index (χ0v) is 12.9. The highest BCUT2D eigenvalue weighted by Crippen LogP contribution is 2.18. The molecule has 3 aromatic rings. The van der Waals surface area contributed by atoms with Crippen molar-refractivity contribution in [1.82, 2.24) is 4.98 Å². The van der Waals surface area contributed by atoms with Crippen LogP contribution in [-0.4, -0.2) is 12.1 Å². The predicted octanol–water partition coefficient (Wildman–Crippen LogP) is 3.86. The zero-order chi connectivity index (χ0) is 16.1. The van der Waals surface area contributed by atoms with Crippen LogP contribution in [0.15, 0.2) is 54.6 Å². The lowest BCUT2D eigenvalue weighted by Gasteiger charge is -2.11. The standard InChI is InChI=1S/C19H17N3O/c1-23-13-17-5-3-2-4-16(17)12-21-19-9-7-15-10-14(11-20)6-8-18(15)22-19/h2-10H,12-13H2,1H3,(H,21,22). The van der Waals surface area contributed by atoms with E-state index >= 15 is 0 Å². The number of rotatable bonds is 5. The summed E-state index contributed by atoms with van der Waals surface area (Å²) >= 11 is 0. The van der Waals surface area contributed by atoms with Crippen molar-refractivity contribution in [3.05, 3.63) is 71.3 Å². The van der Waals surface area contributed by atoms with Crippen molar-refractivity contribution < 1.29 is 4.74 Å². The molecule has 0 saturated heterocycles. The fourth-order valence-electron chi connectivity index (χ4n) is 2.51. The Kier molecular flexibility index (Phi) is 4.51. The number of hydrogen-bond donors (Lipinski definition) is 1. The summed E-state index contributed by atoms with van der Waals surface area (Å²) in [4.78, 5) is 4.59. The van der Waals surface area contributed by atoms with Crippen LogP contribution in [0.3, 0.4) is 0 Å². The number of fused-ring (bicyclic) bond motifs is 1. The predicted molar refractivity (Wildman–Crippen MR) is 90.9 cm³/mol. The number of ether oxygens (including phenoxy) is 1. The summed E-state index contributed by atoms with van der Waals surface area (Å²) in [6.45, 7) is 1.29. The lowest BCUT2D eigenvalue weighted by molar-refractivity contribution is 0.184. The topological polar surface area (TPSA) is 57.9 Å². The van der Waals surface area contributed by atoms with E-state index in [0.29, 0.717) is 18.7 Å². The van der Waals surface area contributed by atoms with Crippen molar-refractivity contribution in [2.75, 3.05) is 12.4 Å². The smallest absolute Gasteiger partial charge is 0.126 e. The SMILES string of the molecule is COCc1ccccc1CNc1ccc2cc(C#N)ccc2n1. The molecule has 0 aliphatic carbocycles. The van der Waals surface area contributed by atoms with E-state index in [9.17, 15) is 0 Å². The van der Waals surface area contributed by atoms with Crippen LogP contribution in [0.25, 0.3) is 10.9 Å². The van der Waals surface area contributed by atoms with Crippen molar-refractivity contribution in [3.8, 4) is 6.07 Å². The fraction of sp³-hybridized carbons (Fsp3) is 0.158. The van der Waals surface area contributed by atoms with Crippen LogP contribution < -0.4 is 5.32 Å². The largest absolute Gasteiger partial charge is 0.380 e. The van der Waals surface area contributed by atoms with Gasteiger partial charge >= 0.3 is 0 Å². The van der Waals surface area contributed by atoms with Gasteiger partial charge in [-0.1, -0.05) is 24.3 Å². The summed E-state index contributed by atoms with van der Waals surface area (Å²) in [7, 11) is 1.70. The van der Waals surface area contributed by atoms with Crippen LogP contribution in [0, 0.1) is 11.3 Å². The number of nitriles is 1. The lowest BCUT2D eigenvalue weighted by atomic mass is 10.1. The van der Waals surface area contributed by atoms with Crippen molar-refractivity contribution in [3.63, 3.8) is 0 Å². The van der Waals surface area contributed by atoms with Crippen LogP contribution in [0.5, 0.6) is 0 Å². The van der Waals surface area contributed by atoms with Crippen LogP contribution >= 0.6 is 0 Å². The highest BCUT2D eigenvalue weighted by Gasteiger charge is 2.03. The van der Waals surface area contributed by atoms with Gasteiger partial charge in [0.2, 0.25) is 0 Å². The molecule has 0 atom stereocenters. The van der Waals surface area contributed by atoms with Gasteiger partial charge in [0.25, 0.3) is 0 Å². The molecule has 114 valence electrons. The Hall–Kier alpha value is -2.90. The Morgan fingerprint density at radius 2 is 1.91 bits per heavy atom. The van der Waals surface area contributed by atoms with Gasteiger partial charge in [0, 0.05) is 19.0 Å².